The molecule has 4 saturated carbocycles. The van der Waals surface area contributed by atoms with Crippen LogP contribution in [0.5, 0.6) is 11.5 Å². The number of nitrogens with zero attached hydrogens (tertiary/aromatic N) is 1. The molecule has 7 unspecified atom stereocenters. The van der Waals surface area contributed by atoms with E-state index in [1.165, 1.54) is 36.1 Å². The molecule has 5 aliphatic carbocycles. The Bertz CT molecular complexity index is 1770. The number of benzene rings is 3. The van der Waals surface area contributed by atoms with Crippen molar-refractivity contribution in [1.29, 1.82) is 0 Å². The van der Waals surface area contributed by atoms with Gasteiger partial charge >= 0.3 is 0 Å². The molecule has 51 heavy (non-hydrogen) atoms. The van der Waals surface area contributed by atoms with E-state index in [-0.39, 0.29) is 28.3 Å². The zero-order valence-corrected chi connectivity index (χ0v) is 31.2. The van der Waals surface area contributed by atoms with Crippen LogP contribution in [-0.4, -0.2) is 60.3 Å². The predicted octanol–water partition coefficient (Wildman–Crippen LogP) is 7.87. The van der Waals surface area contributed by atoms with Gasteiger partial charge in [0.1, 0.15) is 11.7 Å². The summed E-state index contributed by atoms with van der Waals surface area (Å²) in [6.07, 6.45) is 7.67. The average Bonchev–Trinajstić information content (AvgIpc) is 3.87. The second kappa shape index (κ2) is 12.0. The Labute approximate surface area is 304 Å². The van der Waals surface area contributed by atoms with Crippen molar-refractivity contribution in [2.75, 3.05) is 32.2 Å². The molecule has 10 rings (SSSR count). The second-order valence-electron chi connectivity index (χ2n) is 17.9. The van der Waals surface area contributed by atoms with Gasteiger partial charge in [-0.2, -0.15) is 0 Å². The standard InChI is InChI=1S/C44H56N2O5/c1-40(2,3)41(4,47)35-24-42-19-20-44(35,48-5)39-43(42)21-22-46(25-29-11-12-29)36(42)23-32-15-18-34(38(51-39)37(32)43)50-28-45-33-16-13-31(14-17-33)27-49-26-30-9-7-6-8-10-30/h6-10,13-18,29,35-36,39,45,47H,11-12,19-28H2,1-5H3. The molecule has 2 N–H and O–H groups in total. The summed E-state index contributed by atoms with van der Waals surface area (Å²) in [4.78, 5) is 2.86. The van der Waals surface area contributed by atoms with Gasteiger partial charge < -0.3 is 29.4 Å². The van der Waals surface area contributed by atoms with Crippen LogP contribution in [0.2, 0.25) is 0 Å². The lowest BCUT2D eigenvalue weighted by molar-refractivity contribution is -0.312. The Kier molecular flexibility index (Phi) is 7.91. The van der Waals surface area contributed by atoms with Crippen LogP contribution in [0.1, 0.15) is 88.5 Å². The van der Waals surface area contributed by atoms with Gasteiger partial charge in [-0.15, -0.1) is 0 Å². The quantitative estimate of drug-likeness (QED) is 0.187. The molecule has 2 spiro atoms. The first-order valence-electron chi connectivity index (χ1n) is 19.4. The van der Waals surface area contributed by atoms with Crippen molar-refractivity contribution >= 4 is 5.69 Å². The first-order valence-corrected chi connectivity index (χ1v) is 19.4. The minimum absolute atomic E-state index is 0.0205. The van der Waals surface area contributed by atoms with Crippen LogP contribution in [-0.2, 0) is 34.5 Å². The van der Waals surface area contributed by atoms with Gasteiger partial charge in [0.05, 0.1) is 18.8 Å². The van der Waals surface area contributed by atoms with Gasteiger partial charge in [-0.05, 0) is 105 Å². The molecule has 2 heterocycles. The van der Waals surface area contributed by atoms with Gasteiger partial charge in [0.25, 0.3) is 0 Å². The molecule has 7 heteroatoms. The fraction of sp³-hybridized carbons (Fsp3) is 0.591. The summed E-state index contributed by atoms with van der Waals surface area (Å²) in [5, 5.41) is 16.0. The number of ether oxygens (including phenoxy) is 4. The molecule has 272 valence electrons. The number of fused-ring (bicyclic) bond motifs is 2. The van der Waals surface area contributed by atoms with Crippen LogP contribution in [0.25, 0.3) is 0 Å². The summed E-state index contributed by atoms with van der Waals surface area (Å²) in [6.45, 7) is 12.4. The van der Waals surface area contributed by atoms with Crippen LogP contribution in [0.15, 0.2) is 66.7 Å². The highest BCUT2D eigenvalue weighted by Gasteiger charge is 2.82. The van der Waals surface area contributed by atoms with E-state index in [4.69, 9.17) is 18.9 Å². The summed E-state index contributed by atoms with van der Waals surface area (Å²) in [6, 6.07) is 23.6. The molecule has 7 nitrogen and oxygen atoms in total. The number of hydrogen-bond donors (Lipinski definition) is 2. The van der Waals surface area contributed by atoms with Crippen LogP contribution < -0.4 is 14.8 Å². The maximum atomic E-state index is 12.5. The Balaban J connectivity index is 0.992. The smallest absolute Gasteiger partial charge is 0.166 e. The summed E-state index contributed by atoms with van der Waals surface area (Å²) in [5.41, 5.74) is 4.17. The van der Waals surface area contributed by atoms with Gasteiger partial charge in [0, 0.05) is 47.7 Å². The maximum absolute atomic E-state index is 12.5. The number of anilines is 1. The molecule has 4 bridgehead atoms. The van der Waals surface area contributed by atoms with E-state index in [9.17, 15) is 5.11 Å². The number of piperidine rings is 1. The summed E-state index contributed by atoms with van der Waals surface area (Å²) >= 11 is 0. The van der Waals surface area contributed by atoms with Crippen molar-refractivity contribution in [3.05, 3.63) is 89.0 Å². The third-order valence-corrected chi connectivity index (χ3v) is 14.7. The summed E-state index contributed by atoms with van der Waals surface area (Å²) in [5.74, 6) is 2.52. The minimum Gasteiger partial charge on any atom is -0.482 e. The normalized spacial score (nSPS) is 32.9. The van der Waals surface area contributed by atoms with Gasteiger partial charge in [-0.1, -0.05) is 69.3 Å². The molecule has 5 fully saturated rings. The van der Waals surface area contributed by atoms with Gasteiger partial charge in [0.15, 0.2) is 18.2 Å². The third kappa shape index (κ3) is 4.97. The van der Waals surface area contributed by atoms with E-state index >= 15 is 0 Å². The summed E-state index contributed by atoms with van der Waals surface area (Å²) in [7, 11) is 1.87. The van der Waals surface area contributed by atoms with Gasteiger partial charge in [-0.25, -0.2) is 0 Å². The van der Waals surface area contributed by atoms with E-state index in [0.29, 0.717) is 26.0 Å². The molecule has 2 aliphatic heterocycles. The topological polar surface area (TPSA) is 72.4 Å². The lowest BCUT2D eigenvalue weighted by Crippen LogP contribution is -2.83. The maximum Gasteiger partial charge on any atom is 0.166 e. The average molecular weight is 693 g/mol. The third-order valence-electron chi connectivity index (χ3n) is 14.7. The number of likely N-dealkylation sites (tertiary alicyclic amines) is 1. The Hall–Kier alpha value is -3.10. The van der Waals surface area contributed by atoms with Crippen molar-refractivity contribution in [2.45, 2.75) is 115 Å². The number of nitrogens with one attached hydrogen (secondary N) is 1. The van der Waals surface area contributed by atoms with E-state index in [0.717, 1.165) is 67.3 Å². The van der Waals surface area contributed by atoms with Crippen LogP contribution in [0.3, 0.4) is 0 Å². The number of methoxy groups -OCH3 is 1. The van der Waals surface area contributed by atoms with Gasteiger partial charge in [-0.3, -0.25) is 4.90 Å². The lowest BCUT2D eigenvalue weighted by atomic mass is 9.33. The zero-order valence-electron chi connectivity index (χ0n) is 31.2. The minimum atomic E-state index is -0.932. The number of rotatable bonds is 12. The molecular formula is C44H56N2O5. The molecule has 7 aliphatic rings. The number of hydrogen-bond acceptors (Lipinski definition) is 7. The van der Waals surface area contributed by atoms with Crippen molar-refractivity contribution in [3.63, 3.8) is 0 Å². The van der Waals surface area contributed by atoms with Gasteiger partial charge in [0.2, 0.25) is 0 Å². The first kappa shape index (κ1) is 33.7. The Morgan fingerprint density at radius 2 is 1.67 bits per heavy atom. The second-order valence-corrected chi connectivity index (χ2v) is 17.9. The monoisotopic (exact) mass is 692 g/mol. The van der Waals surface area contributed by atoms with E-state index in [2.05, 4.69) is 86.4 Å². The first-order chi connectivity index (χ1) is 24.5. The molecule has 7 atom stereocenters. The molecule has 0 amide bonds. The molecule has 0 aromatic heterocycles. The van der Waals surface area contributed by atoms with Crippen molar-refractivity contribution in [3.8, 4) is 11.5 Å². The van der Waals surface area contributed by atoms with E-state index in [1.807, 2.05) is 25.3 Å². The largest absolute Gasteiger partial charge is 0.482 e. The molecule has 3 aromatic rings. The number of aliphatic hydroxyl groups is 1. The lowest BCUT2D eigenvalue weighted by Gasteiger charge is -2.75. The fourth-order valence-electron chi connectivity index (χ4n) is 11.5. The van der Waals surface area contributed by atoms with Crippen LogP contribution in [0.4, 0.5) is 5.69 Å². The van der Waals surface area contributed by atoms with Crippen LogP contribution >= 0.6 is 0 Å². The fourth-order valence-corrected chi connectivity index (χ4v) is 11.5. The van der Waals surface area contributed by atoms with Crippen LogP contribution in [0, 0.1) is 22.7 Å². The van der Waals surface area contributed by atoms with Crippen molar-refractivity contribution < 1.29 is 24.1 Å². The summed E-state index contributed by atoms with van der Waals surface area (Å²) < 4.78 is 26.7. The Morgan fingerprint density at radius 1 is 0.922 bits per heavy atom. The Morgan fingerprint density at radius 3 is 2.37 bits per heavy atom. The molecule has 0 radical (unpaired) electrons. The predicted molar refractivity (Wildman–Crippen MR) is 199 cm³/mol. The highest BCUT2D eigenvalue weighted by molar-refractivity contribution is 5.64. The SMILES string of the molecule is COC12CCC3(CC1C(C)(O)C(C)(C)C)C1Cc4ccc(OCNc5ccc(COCc6ccccc6)cc5)c5c4C3(CCN1CC1CC1)C2O5. The highest BCUT2D eigenvalue weighted by Crippen LogP contribution is 2.78. The molecule has 1 saturated heterocycles. The zero-order chi connectivity index (χ0) is 35.2. The van der Waals surface area contributed by atoms with E-state index in [1.54, 1.807) is 0 Å². The van der Waals surface area contributed by atoms with Crippen molar-refractivity contribution in [1.82, 2.24) is 4.90 Å². The van der Waals surface area contributed by atoms with E-state index < -0.39 is 11.2 Å². The van der Waals surface area contributed by atoms with Crippen molar-refractivity contribution in [2.24, 2.45) is 22.7 Å². The molecule has 3 aromatic carbocycles. The molecular weight excluding hydrogens is 636 g/mol. The highest BCUT2D eigenvalue weighted by atomic mass is 16.6.